The molecule has 0 spiro atoms. The van der Waals surface area contributed by atoms with Crippen LogP contribution in [0.2, 0.25) is 18.1 Å². The summed E-state index contributed by atoms with van der Waals surface area (Å²) in [6, 6.07) is 10.6. The minimum absolute atomic E-state index is 0.196. The van der Waals surface area contributed by atoms with Crippen LogP contribution in [0.25, 0.3) is 0 Å². The van der Waals surface area contributed by atoms with Gasteiger partial charge in [0.2, 0.25) is 4.38 Å². The van der Waals surface area contributed by atoms with Crippen molar-refractivity contribution in [3.8, 4) is 0 Å². The van der Waals surface area contributed by atoms with E-state index >= 15 is 0 Å². The van der Waals surface area contributed by atoms with Gasteiger partial charge in [-0.05, 0) is 48.8 Å². The van der Waals surface area contributed by atoms with Gasteiger partial charge in [0.25, 0.3) is 0 Å². The van der Waals surface area contributed by atoms with E-state index in [1.165, 1.54) is 5.56 Å². The lowest BCUT2D eigenvalue weighted by Gasteiger charge is -2.40. The average Bonchev–Trinajstić information content (AvgIpc) is 2.90. The summed E-state index contributed by atoms with van der Waals surface area (Å²) in [5.41, 5.74) is 1.36. The van der Waals surface area contributed by atoms with Crippen LogP contribution in [0.3, 0.4) is 0 Å². The van der Waals surface area contributed by atoms with E-state index < -0.39 is 8.32 Å². The lowest BCUT2D eigenvalue weighted by atomic mass is 10.1. The summed E-state index contributed by atoms with van der Waals surface area (Å²) in [4.78, 5) is 0. The first kappa shape index (κ1) is 19.0. The Morgan fingerprint density at radius 1 is 1.30 bits per heavy atom. The number of aryl methyl sites for hydroxylation is 1. The van der Waals surface area contributed by atoms with E-state index in [9.17, 15) is 0 Å². The fourth-order valence-electron chi connectivity index (χ4n) is 2.35. The minimum atomic E-state index is -1.81. The van der Waals surface area contributed by atoms with E-state index in [4.69, 9.17) is 21.4 Å². The van der Waals surface area contributed by atoms with Crippen molar-refractivity contribution in [3.63, 3.8) is 0 Å². The molecule has 0 N–H and O–H groups in total. The zero-order chi connectivity index (χ0) is 17.1. The largest absolute Gasteiger partial charge is 0.477 e. The van der Waals surface area contributed by atoms with Crippen LogP contribution in [0.5, 0.6) is 0 Å². The van der Waals surface area contributed by atoms with Crippen molar-refractivity contribution in [2.24, 2.45) is 0 Å². The zero-order valence-electron chi connectivity index (χ0n) is 14.8. The van der Waals surface area contributed by atoms with Crippen LogP contribution in [0.4, 0.5) is 0 Å². The van der Waals surface area contributed by atoms with Gasteiger partial charge in [-0.25, -0.2) is 0 Å². The third-order valence-electron chi connectivity index (χ3n) is 4.84. The van der Waals surface area contributed by atoms with Crippen LogP contribution in [0.15, 0.2) is 30.3 Å². The third-order valence-corrected chi connectivity index (χ3v) is 10.8. The van der Waals surface area contributed by atoms with Crippen molar-refractivity contribution in [1.82, 2.24) is 0 Å². The van der Waals surface area contributed by atoms with Crippen LogP contribution in [-0.4, -0.2) is 30.7 Å². The zero-order valence-corrected chi connectivity index (χ0v) is 17.4. The van der Waals surface area contributed by atoms with Crippen molar-refractivity contribution in [3.05, 3.63) is 35.9 Å². The van der Waals surface area contributed by atoms with Gasteiger partial charge in [0, 0.05) is 0 Å². The molecular formula is C18H28O2S2Si. The third kappa shape index (κ3) is 5.31. The lowest BCUT2D eigenvalue weighted by Crippen LogP contribution is -2.46. The first-order chi connectivity index (χ1) is 10.7. The number of hydrogen-bond donors (Lipinski definition) is 0. The van der Waals surface area contributed by atoms with Crippen LogP contribution >= 0.6 is 24.0 Å². The highest BCUT2D eigenvalue weighted by Crippen LogP contribution is 2.40. The Morgan fingerprint density at radius 2 is 1.96 bits per heavy atom. The molecule has 1 saturated heterocycles. The van der Waals surface area contributed by atoms with Gasteiger partial charge in [0.05, 0.1) is 11.4 Å². The van der Waals surface area contributed by atoms with Crippen LogP contribution in [0, 0.1) is 0 Å². The molecule has 0 aliphatic carbocycles. The number of rotatable bonds is 6. The number of benzene rings is 1. The number of thiocarbonyl (C=S) groups is 1. The first-order valence-corrected chi connectivity index (χ1v) is 12.4. The summed E-state index contributed by atoms with van der Waals surface area (Å²) in [5, 5.41) is 0.531. The van der Waals surface area contributed by atoms with Gasteiger partial charge in [0.15, 0.2) is 8.32 Å². The summed E-state index contributed by atoms with van der Waals surface area (Å²) in [5.74, 6) is 0. The molecule has 1 heterocycles. The molecule has 1 aliphatic heterocycles. The van der Waals surface area contributed by atoms with Crippen LogP contribution in [0.1, 0.15) is 32.8 Å². The maximum Gasteiger partial charge on any atom is 0.220 e. The first-order valence-electron chi connectivity index (χ1n) is 8.24. The van der Waals surface area contributed by atoms with Gasteiger partial charge in [-0.2, -0.15) is 0 Å². The van der Waals surface area contributed by atoms with E-state index in [1.807, 2.05) is 0 Å². The Kier molecular flexibility index (Phi) is 6.33. The predicted octanol–water partition coefficient (Wildman–Crippen LogP) is 5.43. The molecule has 0 bridgehead atoms. The summed E-state index contributed by atoms with van der Waals surface area (Å²) in [6.45, 7) is 12.2. The molecule has 5 heteroatoms. The molecule has 2 atom stereocenters. The fraction of sp³-hybridized carbons (Fsp3) is 0.611. The van der Waals surface area contributed by atoms with Crippen molar-refractivity contribution in [1.29, 1.82) is 0 Å². The highest BCUT2D eigenvalue weighted by Gasteiger charge is 2.42. The van der Waals surface area contributed by atoms with Gasteiger partial charge >= 0.3 is 0 Å². The molecule has 0 amide bonds. The van der Waals surface area contributed by atoms with E-state index in [0.29, 0.717) is 16.2 Å². The summed E-state index contributed by atoms with van der Waals surface area (Å²) < 4.78 is 12.9. The minimum Gasteiger partial charge on any atom is -0.477 e. The molecule has 1 fully saturated rings. The monoisotopic (exact) mass is 368 g/mol. The number of thioether (sulfide) groups is 1. The van der Waals surface area contributed by atoms with Gasteiger partial charge in [0.1, 0.15) is 6.61 Å². The summed E-state index contributed by atoms with van der Waals surface area (Å²) in [6.07, 6.45) is 2.24. The van der Waals surface area contributed by atoms with E-state index in [0.717, 1.165) is 12.8 Å². The van der Waals surface area contributed by atoms with Crippen molar-refractivity contribution < 1.29 is 9.16 Å². The van der Waals surface area contributed by atoms with Crippen LogP contribution in [-0.2, 0) is 15.6 Å². The fourth-order valence-corrected chi connectivity index (χ4v) is 5.15. The van der Waals surface area contributed by atoms with E-state index in [2.05, 4.69) is 64.2 Å². The molecule has 23 heavy (non-hydrogen) atoms. The van der Waals surface area contributed by atoms with Crippen molar-refractivity contribution in [2.45, 2.75) is 63.1 Å². The molecule has 0 radical (unpaired) electrons. The standard InChI is InChI=1S/C18H28O2S2Si/c1-18(2,3)23(4,5)20-15(16-13-19-17(21)22-16)12-11-14-9-7-6-8-10-14/h6-10,15-16H,11-13H2,1-5H3/t15-,16-/m1/s1. The van der Waals surface area contributed by atoms with Crippen molar-refractivity contribution >= 4 is 36.7 Å². The molecule has 128 valence electrons. The van der Waals surface area contributed by atoms with E-state index in [1.54, 1.807) is 11.8 Å². The van der Waals surface area contributed by atoms with E-state index in [-0.39, 0.29) is 11.1 Å². The average molecular weight is 369 g/mol. The van der Waals surface area contributed by atoms with Crippen LogP contribution < -0.4 is 0 Å². The second kappa shape index (κ2) is 7.68. The van der Waals surface area contributed by atoms with Crippen molar-refractivity contribution in [2.75, 3.05) is 6.61 Å². The second-order valence-electron chi connectivity index (χ2n) is 7.66. The quantitative estimate of drug-likeness (QED) is 0.492. The maximum atomic E-state index is 6.73. The molecule has 0 unspecified atom stereocenters. The lowest BCUT2D eigenvalue weighted by molar-refractivity contribution is 0.149. The normalized spacial score (nSPS) is 20.4. The molecule has 0 saturated carbocycles. The molecule has 1 aliphatic rings. The summed E-state index contributed by atoms with van der Waals surface area (Å²) >= 11 is 6.87. The van der Waals surface area contributed by atoms with Gasteiger partial charge < -0.3 is 9.16 Å². The van der Waals surface area contributed by atoms with Gasteiger partial charge in [-0.15, -0.1) is 0 Å². The topological polar surface area (TPSA) is 18.5 Å². The molecule has 1 aromatic rings. The summed E-state index contributed by atoms with van der Waals surface area (Å²) in [7, 11) is -1.81. The molecule has 2 rings (SSSR count). The Hall–Kier alpha value is -0.363. The molecule has 1 aromatic carbocycles. The SMILES string of the molecule is CC(C)(C)[Si](C)(C)O[C@H](CCc1ccccc1)[C@H]1COC(=S)S1. The Balaban J connectivity index is 2.07. The Morgan fingerprint density at radius 3 is 2.48 bits per heavy atom. The highest BCUT2D eigenvalue weighted by molar-refractivity contribution is 8.23. The Bertz CT molecular complexity index is 526. The number of hydrogen-bond acceptors (Lipinski definition) is 4. The second-order valence-corrected chi connectivity index (χ2v) is 14.3. The molecular weight excluding hydrogens is 340 g/mol. The maximum absolute atomic E-state index is 6.73. The number of ether oxygens (including phenoxy) is 1. The predicted molar refractivity (Wildman–Crippen MR) is 107 cm³/mol. The highest BCUT2D eigenvalue weighted by atomic mass is 32.2. The molecule has 2 nitrogen and oxygen atoms in total. The smallest absolute Gasteiger partial charge is 0.220 e. The van der Waals surface area contributed by atoms with Gasteiger partial charge in [-0.3, -0.25) is 0 Å². The molecule has 0 aromatic heterocycles. The Labute approximate surface area is 151 Å². The van der Waals surface area contributed by atoms with Gasteiger partial charge in [-0.1, -0.05) is 62.9 Å².